The van der Waals surface area contributed by atoms with Gasteiger partial charge in [0.25, 0.3) is 0 Å². The Morgan fingerprint density at radius 2 is 1.60 bits per heavy atom. The average Bonchev–Trinajstić information content (AvgIpc) is 2.66. The molecule has 0 fully saturated rings. The Morgan fingerprint density at radius 1 is 1.00 bits per heavy atom. The number of imidazole rings is 1. The molecule has 0 aliphatic rings. The number of aromatic nitrogens is 2. The first-order valence-electron chi connectivity index (χ1n) is 7.42. The summed E-state index contributed by atoms with van der Waals surface area (Å²) in [7, 11) is 0. The maximum absolute atomic E-state index is 11.3. The summed E-state index contributed by atoms with van der Waals surface area (Å²) >= 11 is 0. The van der Waals surface area contributed by atoms with Crippen LogP contribution in [-0.4, -0.2) is 16.0 Å². The molecule has 0 spiro atoms. The van der Waals surface area contributed by atoms with Crippen LogP contribution in [0.15, 0.2) is 23.0 Å². The lowest BCUT2D eigenvalue weighted by atomic mass is 9.95. The predicted octanol–water partition coefficient (Wildman–Crippen LogP) is 3.73. The maximum Gasteiger partial charge on any atom is 0.323 e. The molecule has 0 unspecified atom stereocenters. The molecule has 2 rings (SSSR count). The Hall–Kier alpha value is -1.71. The summed E-state index contributed by atoms with van der Waals surface area (Å²) in [5.41, 5.74) is 2.62. The van der Waals surface area contributed by atoms with Gasteiger partial charge in [-0.05, 0) is 42.9 Å². The van der Waals surface area contributed by atoms with Crippen molar-refractivity contribution < 1.29 is 0 Å². The third-order valence-corrected chi connectivity index (χ3v) is 3.40. The Morgan fingerprint density at radius 3 is 2.20 bits per heavy atom. The van der Waals surface area contributed by atoms with E-state index in [9.17, 15) is 4.79 Å². The molecule has 0 radical (unpaired) electrons. The van der Waals surface area contributed by atoms with Gasteiger partial charge >= 0.3 is 5.69 Å². The molecule has 0 aliphatic heterocycles. The number of anilines is 1. The number of hydrogen-bond donors (Lipinski definition) is 3. The van der Waals surface area contributed by atoms with E-state index >= 15 is 0 Å². The standard InChI is InChI=1S/C16H25N3O/c1-10(2)7-13(8-11(3)4)17-12-5-6-14-15(9-12)19-16(20)18-14/h5-6,9-11,13,17H,7-8H2,1-4H3,(H2,18,19,20). The minimum Gasteiger partial charge on any atom is -0.382 e. The van der Waals surface area contributed by atoms with Gasteiger partial charge in [0.05, 0.1) is 11.0 Å². The van der Waals surface area contributed by atoms with Crippen LogP contribution in [0.5, 0.6) is 0 Å². The second-order valence-corrected chi connectivity index (χ2v) is 6.44. The molecule has 0 atom stereocenters. The molecule has 0 aliphatic carbocycles. The Kier molecular flexibility index (Phi) is 4.53. The van der Waals surface area contributed by atoms with Gasteiger partial charge in [0, 0.05) is 11.7 Å². The van der Waals surface area contributed by atoms with Gasteiger partial charge in [-0.15, -0.1) is 0 Å². The summed E-state index contributed by atoms with van der Waals surface area (Å²) < 4.78 is 0. The number of rotatable bonds is 6. The summed E-state index contributed by atoms with van der Waals surface area (Å²) in [5.74, 6) is 1.34. The van der Waals surface area contributed by atoms with Gasteiger partial charge in [0.1, 0.15) is 0 Å². The lowest BCUT2D eigenvalue weighted by Gasteiger charge is -2.23. The zero-order valence-electron chi connectivity index (χ0n) is 12.8. The van der Waals surface area contributed by atoms with Crippen LogP contribution < -0.4 is 11.0 Å². The lowest BCUT2D eigenvalue weighted by molar-refractivity contribution is 0.442. The average molecular weight is 275 g/mol. The molecule has 1 aromatic heterocycles. The number of fused-ring (bicyclic) bond motifs is 1. The highest BCUT2D eigenvalue weighted by Crippen LogP contribution is 2.21. The van der Waals surface area contributed by atoms with Gasteiger partial charge in [-0.3, -0.25) is 0 Å². The highest BCUT2D eigenvalue weighted by molar-refractivity contribution is 5.78. The van der Waals surface area contributed by atoms with E-state index < -0.39 is 0 Å². The van der Waals surface area contributed by atoms with E-state index in [-0.39, 0.29) is 5.69 Å². The van der Waals surface area contributed by atoms with Crippen LogP contribution in [-0.2, 0) is 0 Å². The monoisotopic (exact) mass is 275 g/mol. The first-order valence-corrected chi connectivity index (χ1v) is 7.42. The summed E-state index contributed by atoms with van der Waals surface area (Å²) in [6.45, 7) is 9.01. The zero-order chi connectivity index (χ0) is 14.7. The van der Waals surface area contributed by atoms with Crippen LogP contribution in [0.3, 0.4) is 0 Å². The zero-order valence-corrected chi connectivity index (χ0v) is 12.8. The molecular formula is C16H25N3O. The maximum atomic E-state index is 11.3. The van der Waals surface area contributed by atoms with Crippen LogP contribution in [0.1, 0.15) is 40.5 Å². The molecule has 0 bridgehead atoms. The predicted molar refractivity (Wildman–Crippen MR) is 85.2 cm³/mol. The number of benzene rings is 1. The van der Waals surface area contributed by atoms with Crippen LogP contribution >= 0.6 is 0 Å². The van der Waals surface area contributed by atoms with E-state index in [0.29, 0.717) is 17.9 Å². The molecule has 1 aromatic carbocycles. The van der Waals surface area contributed by atoms with Gasteiger partial charge in [-0.25, -0.2) is 4.79 Å². The van der Waals surface area contributed by atoms with Crippen molar-refractivity contribution in [3.63, 3.8) is 0 Å². The quantitative estimate of drug-likeness (QED) is 0.752. The van der Waals surface area contributed by atoms with Gasteiger partial charge in [0.15, 0.2) is 0 Å². The van der Waals surface area contributed by atoms with Crippen molar-refractivity contribution in [3.8, 4) is 0 Å². The fourth-order valence-electron chi connectivity index (χ4n) is 2.71. The number of hydrogen-bond acceptors (Lipinski definition) is 2. The molecule has 2 aromatic rings. The smallest absolute Gasteiger partial charge is 0.323 e. The van der Waals surface area contributed by atoms with Crippen molar-refractivity contribution in [2.75, 3.05) is 5.32 Å². The molecule has 1 heterocycles. The van der Waals surface area contributed by atoms with E-state index in [1.807, 2.05) is 18.2 Å². The van der Waals surface area contributed by atoms with Crippen molar-refractivity contribution in [2.45, 2.75) is 46.6 Å². The second kappa shape index (κ2) is 6.16. The van der Waals surface area contributed by atoms with Gasteiger partial charge in [0.2, 0.25) is 0 Å². The van der Waals surface area contributed by atoms with Gasteiger partial charge in [-0.2, -0.15) is 0 Å². The SMILES string of the molecule is CC(C)CC(CC(C)C)Nc1ccc2[nH]c(=O)[nH]c2c1. The summed E-state index contributed by atoms with van der Waals surface area (Å²) in [4.78, 5) is 16.8. The Labute approximate surface area is 120 Å². The molecule has 0 amide bonds. The van der Waals surface area contributed by atoms with Crippen molar-refractivity contribution >= 4 is 16.7 Å². The molecule has 20 heavy (non-hydrogen) atoms. The van der Waals surface area contributed by atoms with E-state index in [4.69, 9.17) is 0 Å². The Bertz CT molecular complexity index is 599. The van der Waals surface area contributed by atoms with Crippen molar-refractivity contribution in [1.29, 1.82) is 0 Å². The van der Waals surface area contributed by atoms with E-state index in [2.05, 4.69) is 43.0 Å². The molecule has 110 valence electrons. The highest BCUT2D eigenvalue weighted by atomic mass is 16.1. The summed E-state index contributed by atoms with van der Waals surface area (Å²) in [6.07, 6.45) is 2.31. The first kappa shape index (κ1) is 14.7. The number of nitrogens with one attached hydrogen (secondary N) is 3. The van der Waals surface area contributed by atoms with Crippen molar-refractivity contribution in [2.24, 2.45) is 11.8 Å². The van der Waals surface area contributed by atoms with Gasteiger partial charge in [-0.1, -0.05) is 27.7 Å². The van der Waals surface area contributed by atoms with Gasteiger partial charge < -0.3 is 15.3 Å². The normalized spacial score (nSPS) is 11.9. The third kappa shape index (κ3) is 3.89. The minimum atomic E-state index is -0.155. The fourth-order valence-corrected chi connectivity index (χ4v) is 2.71. The van der Waals surface area contributed by atoms with Crippen LogP contribution in [0.2, 0.25) is 0 Å². The molecule has 3 N–H and O–H groups in total. The fraction of sp³-hybridized carbons (Fsp3) is 0.562. The molecular weight excluding hydrogens is 250 g/mol. The highest BCUT2D eigenvalue weighted by Gasteiger charge is 2.13. The topological polar surface area (TPSA) is 60.7 Å². The first-order chi connectivity index (χ1) is 9.44. The molecule has 4 nitrogen and oxygen atoms in total. The molecule has 4 heteroatoms. The largest absolute Gasteiger partial charge is 0.382 e. The van der Waals surface area contributed by atoms with Crippen LogP contribution in [0.25, 0.3) is 11.0 Å². The molecule has 0 saturated carbocycles. The summed E-state index contributed by atoms with van der Waals surface area (Å²) in [6, 6.07) is 6.44. The molecule has 0 saturated heterocycles. The van der Waals surface area contributed by atoms with Crippen LogP contribution in [0, 0.1) is 11.8 Å². The summed E-state index contributed by atoms with van der Waals surface area (Å²) in [5, 5.41) is 3.61. The van der Waals surface area contributed by atoms with E-state index in [1.54, 1.807) is 0 Å². The third-order valence-electron chi connectivity index (χ3n) is 3.40. The second-order valence-electron chi connectivity index (χ2n) is 6.44. The minimum absolute atomic E-state index is 0.155. The van der Waals surface area contributed by atoms with Crippen LogP contribution in [0.4, 0.5) is 5.69 Å². The Balaban J connectivity index is 2.16. The van der Waals surface area contributed by atoms with Crippen molar-refractivity contribution in [3.05, 3.63) is 28.7 Å². The van der Waals surface area contributed by atoms with E-state index in [0.717, 1.165) is 29.6 Å². The number of aromatic amines is 2. The van der Waals surface area contributed by atoms with Crippen molar-refractivity contribution in [1.82, 2.24) is 9.97 Å². The van der Waals surface area contributed by atoms with E-state index in [1.165, 1.54) is 0 Å². The lowest BCUT2D eigenvalue weighted by Crippen LogP contribution is -2.23. The number of H-pyrrole nitrogens is 2.